The number of nitrogens with zero attached hydrogens (tertiary/aromatic N) is 2. The van der Waals surface area contributed by atoms with Crippen LogP contribution in [0.1, 0.15) is 5.56 Å². The van der Waals surface area contributed by atoms with Gasteiger partial charge in [0.2, 0.25) is 4.77 Å². The molecule has 2 rings (SSSR count). The van der Waals surface area contributed by atoms with E-state index < -0.39 is 23.1 Å². The molecule has 0 atom stereocenters. The molecule has 0 aliphatic carbocycles. The van der Waals surface area contributed by atoms with Gasteiger partial charge >= 0.3 is 11.9 Å². The van der Waals surface area contributed by atoms with E-state index in [-0.39, 0.29) is 4.77 Å². The van der Waals surface area contributed by atoms with Crippen LogP contribution in [0.25, 0.3) is 5.65 Å². The summed E-state index contributed by atoms with van der Waals surface area (Å²) in [6.07, 6.45) is -3.92. The van der Waals surface area contributed by atoms with Crippen LogP contribution in [0.3, 0.4) is 0 Å². The van der Waals surface area contributed by atoms with Gasteiger partial charge in [-0.2, -0.15) is 22.7 Å². The Kier molecular flexibility index (Phi) is 1.93. The predicted molar refractivity (Wildman–Crippen MR) is 46.0 cm³/mol. The summed E-state index contributed by atoms with van der Waals surface area (Å²) in [4.78, 5) is 16.7. The second kappa shape index (κ2) is 2.92. The lowest BCUT2D eigenvalue weighted by atomic mass is 10.3. The lowest BCUT2D eigenvalue weighted by molar-refractivity contribution is -0.136. The maximum Gasteiger partial charge on any atom is 0.421 e. The van der Waals surface area contributed by atoms with Crippen molar-refractivity contribution in [2.45, 2.75) is 6.18 Å². The van der Waals surface area contributed by atoms with Crippen molar-refractivity contribution < 1.29 is 13.2 Å². The zero-order chi connectivity index (χ0) is 11.2. The summed E-state index contributed by atoms with van der Waals surface area (Å²) < 4.78 is 37.5. The van der Waals surface area contributed by atoms with Gasteiger partial charge in [0.15, 0.2) is 5.65 Å². The first-order valence-electron chi connectivity index (χ1n) is 3.67. The molecule has 2 aromatic rings. The Morgan fingerprint density at radius 2 is 2.13 bits per heavy atom. The number of hydrogen-bond acceptors (Lipinski definition) is 3. The summed E-state index contributed by atoms with van der Waals surface area (Å²) in [5.74, 6) is 0. The number of fused-ring (bicyclic) bond motifs is 1. The van der Waals surface area contributed by atoms with Crippen LogP contribution in [-0.4, -0.2) is 19.6 Å². The van der Waals surface area contributed by atoms with Crippen molar-refractivity contribution in [2.75, 3.05) is 0 Å². The van der Waals surface area contributed by atoms with Crippen LogP contribution in [0.2, 0.25) is 0 Å². The molecule has 15 heavy (non-hydrogen) atoms. The standard InChI is InChI=1S/C6H3F3N4OS/c7-6(8,9)2-1-10-13-3(2)11-4(15)12-5(13)14/h1,10H,(H,12,14,15). The normalized spacial score (nSPS) is 12.2. The molecule has 0 saturated heterocycles. The number of nitrogens with one attached hydrogen (secondary N) is 2. The minimum atomic E-state index is -4.58. The van der Waals surface area contributed by atoms with Crippen LogP contribution >= 0.6 is 12.2 Å². The Bertz CT molecular complexity index is 622. The van der Waals surface area contributed by atoms with Gasteiger partial charge in [0.1, 0.15) is 5.56 Å². The Morgan fingerprint density at radius 3 is 2.73 bits per heavy atom. The highest BCUT2D eigenvalue weighted by atomic mass is 32.1. The third-order valence-electron chi connectivity index (χ3n) is 1.72. The maximum absolute atomic E-state index is 12.4. The van der Waals surface area contributed by atoms with E-state index in [0.29, 0.717) is 10.7 Å². The van der Waals surface area contributed by atoms with E-state index in [1.165, 1.54) is 0 Å². The van der Waals surface area contributed by atoms with Crippen molar-refractivity contribution in [3.05, 3.63) is 27.0 Å². The quantitative estimate of drug-likeness (QED) is 0.673. The summed E-state index contributed by atoms with van der Waals surface area (Å²) in [6, 6.07) is 0. The maximum atomic E-state index is 12.4. The summed E-state index contributed by atoms with van der Waals surface area (Å²) in [7, 11) is 0. The highest BCUT2D eigenvalue weighted by Gasteiger charge is 2.35. The molecule has 0 saturated carbocycles. The van der Waals surface area contributed by atoms with Gasteiger partial charge in [-0.05, 0) is 12.2 Å². The Hall–Kier alpha value is -1.64. The zero-order valence-corrected chi connectivity index (χ0v) is 7.74. The SMILES string of the molecule is O=c1[nH]c(=S)nc2c(C(F)(F)F)c[nH]n12. The number of halogens is 3. The molecule has 0 aromatic carbocycles. The molecule has 0 aliphatic heterocycles. The fourth-order valence-electron chi connectivity index (χ4n) is 1.12. The van der Waals surface area contributed by atoms with E-state index in [9.17, 15) is 18.0 Å². The van der Waals surface area contributed by atoms with Crippen molar-refractivity contribution in [3.8, 4) is 0 Å². The van der Waals surface area contributed by atoms with Gasteiger partial charge in [-0.1, -0.05) is 0 Å². The van der Waals surface area contributed by atoms with E-state index in [1.807, 2.05) is 0 Å². The van der Waals surface area contributed by atoms with Gasteiger partial charge in [-0.15, -0.1) is 0 Å². The second-order valence-electron chi connectivity index (χ2n) is 2.69. The average Bonchev–Trinajstić information content (AvgIpc) is 2.45. The Labute approximate surface area is 84.6 Å². The summed E-state index contributed by atoms with van der Waals surface area (Å²) in [5, 5.41) is 2.13. The molecule has 0 spiro atoms. The highest BCUT2D eigenvalue weighted by molar-refractivity contribution is 7.71. The van der Waals surface area contributed by atoms with Gasteiger partial charge in [0.25, 0.3) is 0 Å². The zero-order valence-electron chi connectivity index (χ0n) is 6.92. The van der Waals surface area contributed by atoms with Gasteiger partial charge in [0, 0.05) is 6.20 Å². The van der Waals surface area contributed by atoms with Crippen LogP contribution in [0.5, 0.6) is 0 Å². The van der Waals surface area contributed by atoms with Gasteiger partial charge in [0.05, 0.1) is 0 Å². The van der Waals surface area contributed by atoms with Crippen LogP contribution in [0.15, 0.2) is 11.0 Å². The van der Waals surface area contributed by atoms with Crippen LogP contribution in [0.4, 0.5) is 13.2 Å². The molecule has 0 amide bonds. The molecule has 0 radical (unpaired) electrons. The van der Waals surface area contributed by atoms with Crippen molar-refractivity contribution in [3.63, 3.8) is 0 Å². The molecule has 0 fully saturated rings. The smallest absolute Gasteiger partial charge is 0.295 e. The minimum Gasteiger partial charge on any atom is -0.295 e. The largest absolute Gasteiger partial charge is 0.421 e. The van der Waals surface area contributed by atoms with Crippen molar-refractivity contribution in [2.24, 2.45) is 0 Å². The van der Waals surface area contributed by atoms with Crippen LogP contribution in [-0.2, 0) is 6.18 Å². The van der Waals surface area contributed by atoms with Crippen molar-refractivity contribution in [1.29, 1.82) is 0 Å². The average molecular weight is 236 g/mol. The molecule has 0 bridgehead atoms. The topological polar surface area (TPSA) is 66.0 Å². The van der Waals surface area contributed by atoms with Crippen LogP contribution in [0, 0.1) is 4.77 Å². The van der Waals surface area contributed by atoms with E-state index in [4.69, 9.17) is 0 Å². The monoisotopic (exact) mass is 236 g/mol. The van der Waals surface area contributed by atoms with E-state index in [0.717, 1.165) is 0 Å². The third-order valence-corrected chi connectivity index (χ3v) is 1.91. The molecular weight excluding hydrogens is 233 g/mol. The van der Waals surface area contributed by atoms with Gasteiger partial charge < -0.3 is 0 Å². The van der Waals surface area contributed by atoms with Crippen LogP contribution < -0.4 is 5.69 Å². The summed E-state index contributed by atoms with van der Waals surface area (Å²) in [5.41, 5.74) is -2.35. The summed E-state index contributed by atoms with van der Waals surface area (Å²) >= 11 is 4.51. The first-order valence-corrected chi connectivity index (χ1v) is 4.08. The molecular formula is C6H3F3N4OS. The van der Waals surface area contributed by atoms with Gasteiger partial charge in [-0.3, -0.25) is 10.1 Å². The first-order chi connectivity index (χ1) is 6.89. The highest BCUT2D eigenvalue weighted by Crippen LogP contribution is 2.30. The molecule has 5 nitrogen and oxygen atoms in total. The molecule has 2 N–H and O–H groups in total. The summed E-state index contributed by atoms with van der Waals surface area (Å²) in [6.45, 7) is 0. The number of rotatable bonds is 0. The first kappa shape index (κ1) is 9.90. The fourth-order valence-corrected chi connectivity index (χ4v) is 1.29. The van der Waals surface area contributed by atoms with Gasteiger partial charge in [-0.25, -0.2) is 4.79 Å². The molecule has 0 unspecified atom stereocenters. The Morgan fingerprint density at radius 1 is 1.47 bits per heavy atom. The number of hydrogen-bond donors (Lipinski definition) is 2. The molecule has 2 heterocycles. The molecule has 9 heteroatoms. The molecule has 2 aromatic heterocycles. The fraction of sp³-hybridized carbons (Fsp3) is 0.167. The minimum absolute atomic E-state index is 0.287. The number of aromatic amines is 2. The lowest BCUT2D eigenvalue weighted by Gasteiger charge is -2.01. The second-order valence-corrected chi connectivity index (χ2v) is 3.08. The molecule has 0 aliphatic rings. The van der Waals surface area contributed by atoms with E-state index in [2.05, 4.69) is 27.3 Å². The number of aromatic nitrogens is 4. The molecule has 80 valence electrons. The number of H-pyrrole nitrogens is 2. The Balaban J connectivity index is 2.92. The van der Waals surface area contributed by atoms with Crippen molar-refractivity contribution >= 4 is 17.9 Å². The van der Waals surface area contributed by atoms with E-state index in [1.54, 1.807) is 0 Å². The van der Waals surface area contributed by atoms with Crippen molar-refractivity contribution in [1.82, 2.24) is 19.6 Å². The van der Waals surface area contributed by atoms with E-state index >= 15 is 0 Å². The number of alkyl halides is 3. The lowest BCUT2D eigenvalue weighted by Crippen LogP contribution is -2.19. The third kappa shape index (κ3) is 1.54. The predicted octanol–water partition coefficient (Wildman–Crippen LogP) is 1.10.